The van der Waals surface area contributed by atoms with Gasteiger partial charge in [0.15, 0.2) is 0 Å². The van der Waals surface area contributed by atoms with Crippen molar-refractivity contribution in [3.63, 3.8) is 0 Å². The van der Waals surface area contributed by atoms with E-state index in [2.05, 4.69) is 5.32 Å². The summed E-state index contributed by atoms with van der Waals surface area (Å²) in [7, 11) is 0. The summed E-state index contributed by atoms with van der Waals surface area (Å²) in [5.74, 6) is 0.335. The first-order valence-corrected chi connectivity index (χ1v) is 8.61. The number of nitrogens with zero attached hydrogens (tertiary/aromatic N) is 1. The number of carbonyl (C=O) groups excluding carboxylic acids is 1. The van der Waals surface area contributed by atoms with Gasteiger partial charge < -0.3 is 9.88 Å². The lowest BCUT2D eigenvalue weighted by molar-refractivity contribution is 0.0943. The molecule has 0 aliphatic heterocycles. The predicted molar refractivity (Wildman–Crippen MR) is 92.8 cm³/mol. The Morgan fingerprint density at radius 1 is 1.22 bits per heavy atom. The molecule has 1 heterocycles. The molecule has 122 valence electrons. The molecule has 3 rings (SSSR count). The molecule has 1 N–H and O–H groups in total. The summed E-state index contributed by atoms with van der Waals surface area (Å²) in [6.07, 6.45) is 6.03. The van der Waals surface area contributed by atoms with E-state index in [9.17, 15) is 9.59 Å². The molecule has 0 saturated heterocycles. The largest absolute Gasteiger partial charge is 0.351 e. The van der Waals surface area contributed by atoms with E-state index in [0.29, 0.717) is 30.1 Å². The van der Waals surface area contributed by atoms with Crippen molar-refractivity contribution < 1.29 is 4.79 Å². The lowest BCUT2D eigenvalue weighted by Crippen LogP contribution is -2.34. The number of aromatic nitrogens is 1. The van der Waals surface area contributed by atoms with Crippen molar-refractivity contribution in [1.82, 2.24) is 9.88 Å². The molecule has 0 spiro atoms. The standard InChI is InChI=1S/C19H24N2O2/c1-2-20-18(22)17-12-15-10-6-7-11-16(15)19(23)21(17)13-14-8-4-3-5-9-14/h6-7,10-12,14H,2-5,8-9,13H2,1H3,(H,20,22). The van der Waals surface area contributed by atoms with Gasteiger partial charge in [-0.2, -0.15) is 0 Å². The second-order valence-corrected chi connectivity index (χ2v) is 6.40. The third kappa shape index (κ3) is 3.31. The molecular formula is C19H24N2O2. The zero-order valence-electron chi connectivity index (χ0n) is 13.7. The van der Waals surface area contributed by atoms with Gasteiger partial charge in [-0.1, -0.05) is 37.5 Å². The molecule has 0 radical (unpaired) electrons. The van der Waals surface area contributed by atoms with Crippen molar-refractivity contribution in [2.45, 2.75) is 45.6 Å². The quantitative estimate of drug-likeness (QED) is 0.941. The van der Waals surface area contributed by atoms with Gasteiger partial charge in [0.25, 0.3) is 11.5 Å². The van der Waals surface area contributed by atoms with Gasteiger partial charge in [0.05, 0.1) is 0 Å². The van der Waals surface area contributed by atoms with Crippen LogP contribution in [0.4, 0.5) is 0 Å². The van der Waals surface area contributed by atoms with Crippen LogP contribution in [-0.4, -0.2) is 17.0 Å². The van der Waals surface area contributed by atoms with Gasteiger partial charge in [-0.05, 0) is 43.2 Å². The highest BCUT2D eigenvalue weighted by molar-refractivity contribution is 5.96. The highest BCUT2D eigenvalue weighted by atomic mass is 16.2. The molecule has 0 bridgehead atoms. The number of fused-ring (bicyclic) bond motifs is 1. The Hall–Kier alpha value is -2.10. The molecule has 0 atom stereocenters. The van der Waals surface area contributed by atoms with E-state index >= 15 is 0 Å². The molecular weight excluding hydrogens is 288 g/mol. The predicted octanol–water partition coefficient (Wildman–Crippen LogP) is 3.33. The van der Waals surface area contributed by atoms with Crippen molar-refractivity contribution in [3.8, 4) is 0 Å². The normalized spacial score (nSPS) is 15.7. The molecule has 23 heavy (non-hydrogen) atoms. The van der Waals surface area contributed by atoms with Crippen LogP contribution in [0.25, 0.3) is 10.8 Å². The van der Waals surface area contributed by atoms with Crippen LogP contribution in [0.2, 0.25) is 0 Å². The van der Waals surface area contributed by atoms with Crippen molar-refractivity contribution in [2.24, 2.45) is 5.92 Å². The fourth-order valence-corrected chi connectivity index (χ4v) is 3.55. The molecule has 4 heteroatoms. The maximum Gasteiger partial charge on any atom is 0.268 e. The number of rotatable bonds is 4. The van der Waals surface area contributed by atoms with Gasteiger partial charge in [0.1, 0.15) is 5.69 Å². The van der Waals surface area contributed by atoms with E-state index < -0.39 is 0 Å². The monoisotopic (exact) mass is 312 g/mol. The van der Waals surface area contributed by atoms with E-state index in [-0.39, 0.29) is 11.5 Å². The van der Waals surface area contributed by atoms with Crippen LogP contribution in [0.1, 0.15) is 49.5 Å². The highest BCUT2D eigenvalue weighted by Crippen LogP contribution is 2.25. The third-order valence-corrected chi connectivity index (χ3v) is 4.75. The summed E-state index contributed by atoms with van der Waals surface area (Å²) < 4.78 is 1.70. The molecule has 1 amide bonds. The summed E-state index contributed by atoms with van der Waals surface area (Å²) in [4.78, 5) is 25.3. The van der Waals surface area contributed by atoms with Gasteiger partial charge in [-0.15, -0.1) is 0 Å². The maximum absolute atomic E-state index is 12.9. The smallest absolute Gasteiger partial charge is 0.268 e. The highest BCUT2D eigenvalue weighted by Gasteiger charge is 2.20. The molecule has 0 unspecified atom stereocenters. The number of carbonyl (C=O) groups is 1. The van der Waals surface area contributed by atoms with E-state index in [1.165, 1.54) is 19.3 Å². The first kappa shape index (κ1) is 15.8. The lowest BCUT2D eigenvalue weighted by Gasteiger charge is -2.24. The van der Waals surface area contributed by atoms with Gasteiger partial charge in [0.2, 0.25) is 0 Å². The summed E-state index contributed by atoms with van der Waals surface area (Å²) >= 11 is 0. The Labute approximate surface area is 136 Å². The first-order valence-electron chi connectivity index (χ1n) is 8.61. The first-order chi connectivity index (χ1) is 11.2. The summed E-state index contributed by atoms with van der Waals surface area (Å²) in [5.41, 5.74) is 0.441. The van der Waals surface area contributed by atoms with E-state index in [0.717, 1.165) is 18.2 Å². The van der Waals surface area contributed by atoms with Crippen LogP contribution in [0.3, 0.4) is 0 Å². The summed E-state index contributed by atoms with van der Waals surface area (Å²) in [5, 5.41) is 4.36. The average molecular weight is 312 g/mol. The Balaban J connectivity index is 2.07. The third-order valence-electron chi connectivity index (χ3n) is 4.75. The zero-order valence-corrected chi connectivity index (χ0v) is 13.7. The fourth-order valence-electron chi connectivity index (χ4n) is 3.55. The van der Waals surface area contributed by atoms with Gasteiger partial charge in [0, 0.05) is 18.5 Å². The van der Waals surface area contributed by atoms with Crippen LogP contribution >= 0.6 is 0 Å². The van der Waals surface area contributed by atoms with Gasteiger partial charge >= 0.3 is 0 Å². The number of hydrogen-bond donors (Lipinski definition) is 1. The van der Waals surface area contributed by atoms with Crippen LogP contribution in [-0.2, 0) is 6.54 Å². The van der Waals surface area contributed by atoms with Crippen molar-refractivity contribution in [1.29, 1.82) is 0 Å². The lowest BCUT2D eigenvalue weighted by atomic mass is 9.89. The molecule has 1 aliphatic carbocycles. The average Bonchev–Trinajstić information content (AvgIpc) is 2.58. The van der Waals surface area contributed by atoms with Crippen LogP contribution in [0, 0.1) is 5.92 Å². The number of pyridine rings is 1. The van der Waals surface area contributed by atoms with Crippen LogP contribution in [0.5, 0.6) is 0 Å². The minimum atomic E-state index is -0.161. The van der Waals surface area contributed by atoms with Crippen molar-refractivity contribution in [3.05, 3.63) is 46.4 Å². The molecule has 1 aromatic heterocycles. The number of nitrogens with one attached hydrogen (secondary N) is 1. The minimum absolute atomic E-state index is 0.0464. The van der Waals surface area contributed by atoms with E-state index in [1.807, 2.05) is 37.3 Å². The molecule has 1 fully saturated rings. The van der Waals surface area contributed by atoms with Crippen LogP contribution < -0.4 is 10.9 Å². The molecule has 2 aromatic rings. The number of benzene rings is 1. The Morgan fingerprint density at radius 3 is 2.70 bits per heavy atom. The van der Waals surface area contributed by atoms with Crippen molar-refractivity contribution >= 4 is 16.7 Å². The van der Waals surface area contributed by atoms with E-state index in [1.54, 1.807) is 4.57 Å². The topological polar surface area (TPSA) is 51.1 Å². The number of hydrogen-bond acceptors (Lipinski definition) is 2. The van der Waals surface area contributed by atoms with Crippen molar-refractivity contribution in [2.75, 3.05) is 6.54 Å². The minimum Gasteiger partial charge on any atom is -0.351 e. The molecule has 1 aromatic carbocycles. The molecule has 4 nitrogen and oxygen atoms in total. The Morgan fingerprint density at radius 2 is 1.96 bits per heavy atom. The van der Waals surface area contributed by atoms with E-state index in [4.69, 9.17) is 0 Å². The second kappa shape index (κ2) is 6.99. The number of amides is 1. The molecule has 1 aliphatic rings. The van der Waals surface area contributed by atoms with Crippen LogP contribution in [0.15, 0.2) is 35.1 Å². The maximum atomic E-state index is 12.9. The second-order valence-electron chi connectivity index (χ2n) is 6.40. The molecule has 1 saturated carbocycles. The Kier molecular flexibility index (Phi) is 4.79. The summed E-state index contributed by atoms with van der Waals surface area (Å²) in [6, 6.07) is 9.36. The SMILES string of the molecule is CCNC(=O)c1cc2ccccc2c(=O)n1CC1CCCCC1. The van der Waals surface area contributed by atoms with Gasteiger partial charge in [-0.25, -0.2) is 0 Å². The Bertz CT molecular complexity index is 758. The zero-order chi connectivity index (χ0) is 16.2. The summed E-state index contributed by atoms with van der Waals surface area (Å²) in [6.45, 7) is 3.10. The van der Waals surface area contributed by atoms with Gasteiger partial charge in [-0.3, -0.25) is 9.59 Å². The fraction of sp³-hybridized carbons (Fsp3) is 0.474.